The summed E-state index contributed by atoms with van der Waals surface area (Å²) in [6.45, 7) is 5.17. The van der Waals surface area contributed by atoms with Gasteiger partial charge in [0.2, 0.25) is 0 Å². The lowest BCUT2D eigenvalue weighted by molar-refractivity contribution is -0.0353. The molecule has 1 aliphatic heterocycles. The lowest BCUT2D eigenvalue weighted by atomic mass is 9.92. The molecule has 0 amide bonds. The number of allylic oxidation sites excluding steroid dienone is 2. The predicted octanol–water partition coefficient (Wildman–Crippen LogP) is 6.26. The molecule has 0 aliphatic carbocycles. The van der Waals surface area contributed by atoms with Crippen molar-refractivity contribution in [3.8, 4) is 11.5 Å². The third-order valence-electron chi connectivity index (χ3n) is 5.05. The third-order valence-corrected chi connectivity index (χ3v) is 5.05. The van der Waals surface area contributed by atoms with E-state index >= 15 is 0 Å². The SMILES string of the molecule is CC=CCCC1CCC(CC(F)COc2ccc(OCCCC)c(F)c2)OC1. The Morgan fingerprint density at radius 2 is 2.14 bits per heavy atom. The van der Waals surface area contributed by atoms with Crippen LogP contribution in [0, 0.1) is 11.7 Å². The fourth-order valence-corrected chi connectivity index (χ4v) is 3.33. The van der Waals surface area contributed by atoms with Crippen molar-refractivity contribution >= 4 is 0 Å². The van der Waals surface area contributed by atoms with E-state index in [0.717, 1.165) is 38.5 Å². The van der Waals surface area contributed by atoms with E-state index in [-0.39, 0.29) is 18.5 Å². The first-order chi connectivity index (χ1) is 13.6. The Morgan fingerprint density at radius 3 is 2.82 bits per heavy atom. The number of alkyl halides is 1. The first-order valence-corrected chi connectivity index (χ1v) is 10.5. The van der Waals surface area contributed by atoms with Crippen molar-refractivity contribution < 1.29 is 23.0 Å². The number of unbranched alkanes of at least 4 members (excludes halogenated alkanes) is 1. The van der Waals surface area contributed by atoms with Crippen LogP contribution in [0.1, 0.15) is 58.8 Å². The Kier molecular flexibility index (Phi) is 10.3. The molecule has 1 aliphatic rings. The van der Waals surface area contributed by atoms with Crippen molar-refractivity contribution in [1.29, 1.82) is 0 Å². The maximum atomic E-state index is 14.3. The highest BCUT2D eigenvalue weighted by Crippen LogP contribution is 2.27. The Hall–Kier alpha value is -1.62. The van der Waals surface area contributed by atoms with E-state index in [2.05, 4.69) is 12.2 Å². The molecule has 3 unspecified atom stereocenters. The van der Waals surface area contributed by atoms with Crippen molar-refractivity contribution in [3.63, 3.8) is 0 Å². The molecular weight excluding hydrogens is 362 g/mol. The number of hydrogen-bond acceptors (Lipinski definition) is 3. The summed E-state index contributed by atoms with van der Waals surface area (Å²) < 4.78 is 44.9. The van der Waals surface area contributed by atoms with Crippen molar-refractivity contribution in [2.75, 3.05) is 19.8 Å². The van der Waals surface area contributed by atoms with Gasteiger partial charge in [0.25, 0.3) is 0 Å². The zero-order valence-electron chi connectivity index (χ0n) is 17.2. The molecule has 2 rings (SSSR count). The Morgan fingerprint density at radius 1 is 1.29 bits per heavy atom. The molecular formula is C23H34F2O3. The van der Waals surface area contributed by atoms with Gasteiger partial charge >= 0.3 is 0 Å². The Labute approximate surface area is 168 Å². The first-order valence-electron chi connectivity index (χ1n) is 10.5. The normalized spacial score (nSPS) is 21.0. The average Bonchev–Trinajstić information content (AvgIpc) is 2.69. The Bertz CT molecular complexity index is 583. The maximum Gasteiger partial charge on any atom is 0.168 e. The highest BCUT2D eigenvalue weighted by Gasteiger charge is 2.24. The van der Waals surface area contributed by atoms with Crippen LogP contribution in [0.5, 0.6) is 11.5 Å². The molecule has 0 bridgehead atoms. The minimum Gasteiger partial charge on any atom is -0.491 e. The fourth-order valence-electron chi connectivity index (χ4n) is 3.33. The molecule has 158 valence electrons. The summed E-state index contributed by atoms with van der Waals surface area (Å²) in [5.74, 6) is 0.611. The quantitative estimate of drug-likeness (QED) is 0.308. The Balaban J connectivity index is 1.67. The molecule has 28 heavy (non-hydrogen) atoms. The lowest BCUT2D eigenvalue weighted by Gasteiger charge is -2.29. The van der Waals surface area contributed by atoms with Crippen molar-refractivity contribution in [2.24, 2.45) is 5.92 Å². The highest BCUT2D eigenvalue weighted by molar-refractivity contribution is 5.33. The van der Waals surface area contributed by atoms with E-state index in [1.807, 2.05) is 13.8 Å². The summed E-state index contributed by atoms with van der Waals surface area (Å²) >= 11 is 0. The van der Waals surface area contributed by atoms with Crippen LogP contribution in [0.15, 0.2) is 30.4 Å². The van der Waals surface area contributed by atoms with E-state index in [0.29, 0.717) is 31.3 Å². The number of ether oxygens (including phenoxy) is 3. The third kappa shape index (κ3) is 8.17. The van der Waals surface area contributed by atoms with E-state index < -0.39 is 12.0 Å². The van der Waals surface area contributed by atoms with Gasteiger partial charge in [-0.05, 0) is 57.1 Å². The zero-order valence-corrected chi connectivity index (χ0v) is 17.2. The molecule has 0 N–H and O–H groups in total. The van der Waals surface area contributed by atoms with E-state index in [4.69, 9.17) is 14.2 Å². The van der Waals surface area contributed by atoms with Crippen molar-refractivity contribution in [3.05, 3.63) is 36.2 Å². The minimum atomic E-state index is -1.13. The fraction of sp³-hybridized carbons (Fsp3) is 0.652. The van der Waals surface area contributed by atoms with Gasteiger partial charge in [-0.3, -0.25) is 0 Å². The second kappa shape index (κ2) is 12.8. The van der Waals surface area contributed by atoms with Crippen LogP contribution in [0.25, 0.3) is 0 Å². The monoisotopic (exact) mass is 396 g/mol. The molecule has 5 heteroatoms. The second-order valence-corrected chi connectivity index (χ2v) is 7.48. The van der Waals surface area contributed by atoms with Gasteiger partial charge in [-0.15, -0.1) is 0 Å². The van der Waals surface area contributed by atoms with Crippen LogP contribution in [0.2, 0.25) is 0 Å². The number of hydrogen-bond donors (Lipinski definition) is 0. The van der Waals surface area contributed by atoms with Gasteiger partial charge in [0.1, 0.15) is 18.5 Å². The molecule has 1 aromatic rings. The summed E-state index contributed by atoms with van der Waals surface area (Å²) in [7, 11) is 0. The number of rotatable bonds is 12. The summed E-state index contributed by atoms with van der Waals surface area (Å²) in [6, 6.07) is 4.40. The van der Waals surface area contributed by atoms with Gasteiger partial charge in [-0.1, -0.05) is 25.5 Å². The lowest BCUT2D eigenvalue weighted by Crippen LogP contribution is -2.29. The summed E-state index contributed by atoms with van der Waals surface area (Å²) in [6.07, 6.45) is 9.42. The molecule has 1 heterocycles. The topological polar surface area (TPSA) is 27.7 Å². The molecule has 0 spiro atoms. The predicted molar refractivity (Wildman–Crippen MR) is 108 cm³/mol. The van der Waals surface area contributed by atoms with Crippen LogP contribution in [-0.2, 0) is 4.74 Å². The molecule has 3 atom stereocenters. The van der Waals surface area contributed by atoms with Crippen LogP contribution in [0.4, 0.5) is 8.78 Å². The summed E-state index contributed by atoms with van der Waals surface area (Å²) in [4.78, 5) is 0. The van der Waals surface area contributed by atoms with Gasteiger partial charge in [-0.25, -0.2) is 8.78 Å². The van der Waals surface area contributed by atoms with Crippen LogP contribution in [0.3, 0.4) is 0 Å². The van der Waals surface area contributed by atoms with Gasteiger partial charge in [0, 0.05) is 19.1 Å². The number of benzene rings is 1. The molecule has 1 saturated heterocycles. The van der Waals surface area contributed by atoms with E-state index in [9.17, 15) is 8.78 Å². The van der Waals surface area contributed by atoms with Crippen LogP contribution >= 0.6 is 0 Å². The highest BCUT2D eigenvalue weighted by atomic mass is 19.1. The van der Waals surface area contributed by atoms with Gasteiger partial charge in [-0.2, -0.15) is 0 Å². The minimum absolute atomic E-state index is 0.0531. The average molecular weight is 397 g/mol. The zero-order chi connectivity index (χ0) is 20.2. The summed E-state index contributed by atoms with van der Waals surface area (Å²) in [5.41, 5.74) is 0. The number of halogens is 2. The molecule has 0 radical (unpaired) electrons. The van der Waals surface area contributed by atoms with Crippen molar-refractivity contribution in [1.82, 2.24) is 0 Å². The van der Waals surface area contributed by atoms with Gasteiger partial charge in [0.15, 0.2) is 11.6 Å². The van der Waals surface area contributed by atoms with Crippen molar-refractivity contribution in [2.45, 2.75) is 71.1 Å². The van der Waals surface area contributed by atoms with E-state index in [1.54, 1.807) is 6.07 Å². The standard InChI is InChI=1S/C23H34F2O3/c1-3-5-7-8-18-9-10-20(27-16-18)14-19(24)17-28-21-11-12-23(22(25)15-21)26-13-6-4-2/h3,5,11-12,15,18-20H,4,6-10,13-14,16-17H2,1-2H3. The van der Waals surface area contributed by atoms with Crippen LogP contribution < -0.4 is 9.47 Å². The molecule has 0 aromatic heterocycles. The van der Waals surface area contributed by atoms with E-state index in [1.165, 1.54) is 12.1 Å². The largest absolute Gasteiger partial charge is 0.491 e. The maximum absolute atomic E-state index is 14.3. The smallest absolute Gasteiger partial charge is 0.168 e. The molecule has 0 saturated carbocycles. The first kappa shape index (κ1) is 22.7. The van der Waals surface area contributed by atoms with Gasteiger partial charge < -0.3 is 14.2 Å². The molecule has 1 fully saturated rings. The summed E-state index contributed by atoms with van der Waals surface area (Å²) in [5, 5.41) is 0. The van der Waals surface area contributed by atoms with Gasteiger partial charge in [0.05, 0.1) is 12.7 Å². The molecule has 1 aromatic carbocycles. The molecule has 3 nitrogen and oxygen atoms in total. The van der Waals surface area contributed by atoms with Crippen LogP contribution in [-0.4, -0.2) is 32.1 Å². The second-order valence-electron chi connectivity index (χ2n) is 7.48.